The first-order valence-electron chi connectivity index (χ1n) is 9.20. The fraction of sp³-hybridized carbons (Fsp3) is 0.0870. The fourth-order valence-corrected chi connectivity index (χ4v) is 3.73. The molecule has 0 atom stereocenters. The molecular formula is C23H19N5. The minimum absolute atomic E-state index is 0.453. The van der Waals surface area contributed by atoms with E-state index in [2.05, 4.69) is 82.7 Å². The third-order valence-corrected chi connectivity index (χ3v) is 5.19. The lowest BCUT2D eigenvalue weighted by atomic mass is 9.93. The molecule has 3 aromatic carbocycles. The number of nitrogen functional groups attached to an aromatic ring is 1. The van der Waals surface area contributed by atoms with Gasteiger partial charge in [-0.05, 0) is 52.1 Å². The largest absolute Gasteiger partial charge is 0.383 e. The molecule has 2 heterocycles. The van der Waals surface area contributed by atoms with Crippen LogP contribution < -0.4 is 5.73 Å². The SMILES string of the molecule is Cc1ccccc1-c1cc2ccccc2cc1Cn1ncc2c(N)ncnc21. The molecule has 0 saturated carbocycles. The average Bonchev–Trinajstić information content (AvgIpc) is 3.12. The molecule has 0 bridgehead atoms. The summed E-state index contributed by atoms with van der Waals surface area (Å²) in [5.41, 5.74) is 11.6. The first-order valence-corrected chi connectivity index (χ1v) is 9.20. The third-order valence-electron chi connectivity index (χ3n) is 5.19. The molecule has 0 aliphatic rings. The lowest BCUT2D eigenvalue weighted by Gasteiger charge is -2.14. The zero-order chi connectivity index (χ0) is 19.1. The predicted octanol–water partition coefficient (Wildman–Crippen LogP) is 4.59. The smallest absolute Gasteiger partial charge is 0.163 e. The van der Waals surface area contributed by atoms with Crippen LogP contribution in [0.3, 0.4) is 0 Å². The Morgan fingerprint density at radius 3 is 2.46 bits per heavy atom. The van der Waals surface area contributed by atoms with Crippen LogP contribution in [0.25, 0.3) is 32.9 Å². The zero-order valence-electron chi connectivity index (χ0n) is 15.5. The lowest BCUT2D eigenvalue weighted by Crippen LogP contribution is -2.05. The maximum absolute atomic E-state index is 5.97. The molecule has 0 radical (unpaired) electrons. The molecule has 5 aromatic rings. The van der Waals surface area contributed by atoms with Crippen molar-refractivity contribution in [3.05, 3.63) is 84.3 Å². The highest BCUT2D eigenvalue weighted by molar-refractivity contribution is 5.90. The number of nitrogens with two attached hydrogens (primary N) is 1. The van der Waals surface area contributed by atoms with Crippen LogP contribution in [0.1, 0.15) is 11.1 Å². The van der Waals surface area contributed by atoms with E-state index in [1.165, 1.54) is 39.4 Å². The van der Waals surface area contributed by atoms with Crippen molar-refractivity contribution in [2.45, 2.75) is 13.5 Å². The standard InChI is InChI=1S/C23H19N5/c1-15-6-2-5-9-19(15)20-11-17-8-4-3-7-16(17)10-18(20)13-28-23-21(12-27-28)22(24)25-14-26-23/h2-12,14H,13H2,1H3,(H2,24,25,26). The first-order chi connectivity index (χ1) is 13.7. The van der Waals surface area contributed by atoms with Gasteiger partial charge in [0.15, 0.2) is 5.65 Å². The number of hydrogen-bond acceptors (Lipinski definition) is 4. The molecule has 0 aliphatic heterocycles. The lowest BCUT2D eigenvalue weighted by molar-refractivity contribution is 0.705. The van der Waals surface area contributed by atoms with Crippen LogP contribution in [0.4, 0.5) is 5.82 Å². The summed E-state index contributed by atoms with van der Waals surface area (Å²) in [6.07, 6.45) is 3.22. The van der Waals surface area contributed by atoms with Crippen molar-refractivity contribution >= 4 is 27.6 Å². The minimum atomic E-state index is 0.453. The minimum Gasteiger partial charge on any atom is -0.383 e. The van der Waals surface area contributed by atoms with Crippen molar-refractivity contribution in [2.24, 2.45) is 0 Å². The van der Waals surface area contributed by atoms with Gasteiger partial charge >= 0.3 is 0 Å². The molecule has 0 saturated heterocycles. The molecule has 2 N–H and O–H groups in total. The molecule has 0 spiro atoms. The van der Waals surface area contributed by atoms with E-state index in [0.717, 1.165) is 11.0 Å². The monoisotopic (exact) mass is 365 g/mol. The number of fused-ring (bicyclic) bond motifs is 2. The number of anilines is 1. The van der Waals surface area contributed by atoms with E-state index in [9.17, 15) is 0 Å². The topological polar surface area (TPSA) is 69.6 Å². The highest BCUT2D eigenvalue weighted by Gasteiger charge is 2.13. The molecular weight excluding hydrogens is 346 g/mol. The normalized spacial score (nSPS) is 11.3. The summed E-state index contributed by atoms with van der Waals surface area (Å²) in [4.78, 5) is 8.45. The average molecular weight is 365 g/mol. The number of rotatable bonds is 3. The van der Waals surface area contributed by atoms with E-state index in [1.54, 1.807) is 6.20 Å². The molecule has 5 heteroatoms. The molecule has 5 rings (SSSR count). The van der Waals surface area contributed by atoms with E-state index in [-0.39, 0.29) is 0 Å². The molecule has 5 nitrogen and oxygen atoms in total. The van der Waals surface area contributed by atoms with Gasteiger partial charge in [-0.3, -0.25) is 0 Å². The van der Waals surface area contributed by atoms with Crippen LogP contribution >= 0.6 is 0 Å². The van der Waals surface area contributed by atoms with Crippen LogP contribution in [0.2, 0.25) is 0 Å². The van der Waals surface area contributed by atoms with Crippen molar-refractivity contribution in [3.8, 4) is 11.1 Å². The van der Waals surface area contributed by atoms with Gasteiger partial charge in [-0.2, -0.15) is 5.10 Å². The summed E-state index contributed by atoms with van der Waals surface area (Å²) in [5.74, 6) is 0.453. The van der Waals surface area contributed by atoms with Gasteiger partial charge in [-0.25, -0.2) is 14.6 Å². The Morgan fingerprint density at radius 1 is 0.893 bits per heavy atom. The second-order valence-corrected chi connectivity index (χ2v) is 6.97. The van der Waals surface area contributed by atoms with E-state index in [1.807, 2.05) is 4.68 Å². The molecule has 0 fully saturated rings. The summed E-state index contributed by atoms with van der Waals surface area (Å²) < 4.78 is 1.89. The van der Waals surface area contributed by atoms with Crippen LogP contribution in [0, 0.1) is 6.92 Å². The van der Waals surface area contributed by atoms with Crippen molar-refractivity contribution in [3.63, 3.8) is 0 Å². The Hall–Kier alpha value is -3.73. The molecule has 0 aliphatic carbocycles. The van der Waals surface area contributed by atoms with Gasteiger partial charge in [0.05, 0.1) is 18.1 Å². The Bertz CT molecular complexity index is 1320. The fourth-order valence-electron chi connectivity index (χ4n) is 3.73. The first kappa shape index (κ1) is 16.4. The summed E-state index contributed by atoms with van der Waals surface area (Å²) in [5, 5.41) is 7.73. The van der Waals surface area contributed by atoms with Gasteiger partial charge < -0.3 is 5.73 Å². The summed E-state index contributed by atoms with van der Waals surface area (Å²) in [6, 6.07) is 21.4. The summed E-state index contributed by atoms with van der Waals surface area (Å²) >= 11 is 0. The van der Waals surface area contributed by atoms with Gasteiger partial charge in [0.2, 0.25) is 0 Å². The van der Waals surface area contributed by atoms with Crippen LogP contribution in [-0.2, 0) is 6.54 Å². The van der Waals surface area contributed by atoms with Crippen molar-refractivity contribution in [2.75, 3.05) is 5.73 Å². The molecule has 136 valence electrons. The van der Waals surface area contributed by atoms with Gasteiger partial charge in [0.25, 0.3) is 0 Å². The van der Waals surface area contributed by atoms with Crippen molar-refractivity contribution in [1.29, 1.82) is 0 Å². The third kappa shape index (κ3) is 2.68. The Labute approximate surface area is 162 Å². The van der Waals surface area contributed by atoms with E-state index in [0.29, 0.717) is 12.4 Å². The Balaban J connectivity index is 1.72. The van der Waals surface area contributed by atoms with Gasteiger partial charge in [-0.15, -0.1) is 0 Å². The van der Waals surface area contributed by atoms with E-state index in [4.69, 9.17) is 5.73 Å². The van der Waals surface area contributed by atoms with Crippen LogP contribution in [0.15, 0.2) is 73.2 Å². The number of benzene rings is 3. The molecule has 0 amide bonds. The summed E-state index contributed by atoms with van der Waals surface area (Å²) in [7, 11) is 0. The molecule has 2 aromatic heterocycles. The van der Waals surface area contributed by atoms with Gasteiger partial charge in [0, 0.05) is 0 Å². The van der Waals surface area contributed by atoms with Gasteiger partial charge in [-0.1, -0.05) is 48.5 Å². The Morgan fingerprint density at radius 2 is 1.64 bits per heavy atom. The number of aromatic nitrogens is 4. The highest BCUT2D eigenvalue weighted by atomic mass is 15.3. The zero-order valence-corrected chi connectivity index (χ0v) is 15.5. The quantitative estimate of drug-likeness (QED) is 0.508. The second-order valence-electron chi connectivity index (χ2n) is 6.97. The summed E-state index contributed by atoms with van der Waals surface area (Å²) in [6.45, 7) is 2.75. The molecule has 28 heavy (non-hydrogen) atoms. The number of nitrogens with zero attached hydrogens (tertiary/aromatic N) is 4. The van der Waals surface area contributed by atoms with E-state index >= 15 is 0 Å². The second kappa shape index (κ2) is 6.46. The van der Waals surface area contributed by atoms with E-state index < -0.39 is 0 Å². The Kier molecular flexibility index (Phi) is 3.79. The maximum atomic E-state index is 5.97. The maximum Gasteiger partial charge on any atom is 0.163 e. The predicted molar refractivity (Wildman–Crippen MR) is 113 cm³/mol. The van der Waals surface area contributed by atoms with Gasteiger partial charge in [0.1, 0.15) is 12.1 Å². The number of aryl methyl sites for hydroxylation is 1. The number of hydrogen-bond donors (Lipinski definition) is 1. The van der Waals surface area contributed by atoms with Crippen LogP contribution in [0.5, 0.6) is 0 Å². The van der Waals surface area contributed by atoms with Crippen molar-refractivity contribution in [1.82, 2.24) is 19.7 Å². The van der Waals surface area contributed by atoms with Crippen molar-refractivity contribution < 1.29 is 0 Å². The molecule has 0 unspecified atom stereocenters. The van der Waals surface area contributed by atoms with Crippen LogP contribution in [-0.4, -0.2) is 19.7 Å². The highest BCUT2D eigenvalue weighted by Crippen LogP contribution is 2.32.